The fourth-order valence-corrected chi connectivity index (χ4v) is 4.02. The number of imide groups is 2. The van der Waals surface area contributed by atoms with Crippen molar-refractivity contribution >= 4 is 35.3 Å². The number of barbiturate groups is 1. The fraction of sp³-hybridized carbons (Fsp3) is 0.292. The number of anilines is 2. The first-order valence-corrected chi connectivity index (χ1v) is 10.3. The maximum absolute atomic E-state index is 13.1. The van der Waals surface area contributed by atoms with E-state index in [1.807, 2.05) is 38.1 Å². The highest BCUT2D eigenvalue weighted by atomic mass is 16.2. The van der Waals surface area contributed by atoms with Crippen LogP contribution in [0, 0.1) is 13.8 Å². The zero-order valence-electron chi connectivity index (χ0n) is 17.3. The number of carbonyl (C=O) groups is 3. The lowest BCUT2D eigenvalue weighted by molar-refractivity contribution is -0.122. The van der Waals surface area contributed by atoms with Crippen LogP contribution >= 0.6 is 0 Å². The Balaban J connectivity index is 1.66. The van der Waals surface area contributed by atoms with Gasteiger partial charge in [0.05, 0.1) is 5.69 Å². The van der Waals surface area contributed by atoms with Crippen LogP contribution in [0.2, 0.25) is 0 Å². The number of para-hydroxylation sites is 1. The summed E-state index contributed by atoms with van der Waals surface area (Å²) in [5.74, 6) is -1.29. The number of carbonyl (C=O) groups excluding carboxylic acids is 3. The molecule has 30 heavy (non-hydrogen) atoms. The summed E-state index contributed by atoms with van der Waals surface area (Å²) in [5.41, 5.74) is 4.11. The molecule has 2 aromatic rings. The maximum atomic E-state index is 13.1. The highest BCUT2D eigenvalue weighted by Crippen LogP contribution is 2.27. The molecule has 1 N–H and O–H groups in total. The van der Waals surface area contributed by atoms with E-state index in [4.69, 9.17) is 0 Å². The highest BCUT2D eigenvalue weighted by molar-refractivity contribution is 6.39. The third kappa shape index (κ3) is 3.73. The van der Waals surface area contributed by atoms with E-state index >= 15 is 0 Å². The van der Waals surface area contributed by atoms with E-state index < -0.39 is 17.8 Å². The summed E-state index contributed by atoms with van der Waals surface area (Å²) in [6.07, 6.45) is 5.24. The number of piperidine rings is 1. The Bertz CT molecular complexity index is 1050. The number of urea groups is 1. The van der Waals surface area contributed by atoms with Gasteiger partial charge in [-0.3, -0.25) is 14.9 Å². The molecule has 0 spiro atoms. The van der Waals surface area contributed by atoms with E-state index in [1.165, 1.54) is 19.3 Å². The number of aryl methyl sites for hydroxylation is 2. The highest BCUT2D eigenvalue weighted by Gasteiger charge is 2.37. The monoisotopic (exact) mass is 403 g/mol. The Morgan fingerprint density at radius 3 is 2.33 bits per heavy atom. The van der Waals surface area contributed by atoms with Gasteiger partial charge in [-0.15, -0.1) is 0 Å². The van der Waals surface area contributed by atoms with Crippen LogP contribution in [0.5, 0.6) is 0 Å². The summed E-state index contributed by atoms with van der Waals surface area (Å²) >= 11 is 0. The van der Waals surface area contributed by atoms with Crippen LogP contribution < -0.4 is 15.1 Å². The van der Waals surface area contributed by atoms with Gasteiger partial charge in [0.15, 0.2) is 0 Å². The van der Waals surface area contributed by atoms with Crippen molar-refractivity contribution in [1.82, 2.24) is 5.32 Å². The topological polar surface area (TPSA) is 69.7 Å². The van der Waals surface area contributed by atoms with Gasteiger partial charge in [-0.25, -0.2) is 9.69 Å². The van der Waals surface area contributed by atoms with Crippen LogP contribution in [-0.2, 0) is 9.59 Å². The number of rotatable bonds is 3. The predicted molar refractivity (Wildman–Crippen MR) is 117 cm³/mol. The Hall–Kier alpha value is -3.41. The standard InChI is InChI=1S/C24H25N3O3/c1-16-8-4-5-9-21(16)27-23(29)20(22(28)25-24(27)30)15-18-10-11-19(14-17(18)2)26-12-6-3-7-13-26/h4-5,8-11,14-15H,3,6-7,12-13H2,1-2H3,(H,25,28,30)/b20-15+. The summed E-state index contributed by atoms with van der Waals surface area (Å²) in [5, 5.41) is 2.29. The molecule has 0 aromatic heterocycles. The molecule has 4 amide bonds. The van der Waals surface area contributed by atoms with Gasteiger partial charge in [-0.1, -0.05) is 24.3 Å². The molecule has 2 heterocycles. The van der Waals surface area contributed by atoms with Gasteiger partial charge >= 0.3 is 6.03 Å². The molecule has 0 atom stereocenters. The number of hydrogen-bond acceptors (Lipinski definition) is 4. The molecule has 0 radical (unpaired) electrons. The average Bonchev–Trinajstić information content (AvgIpc) is 2.74. The molecule has 2 fully saturated rings. The molecular weight excluding hydrogens is 378 g/mol. The number of amides is 4. The van der Waals surface area contributed by atoms with Crippen molar-refractivity contribution < 1.29 is 14.4 Å². The molecule has 6 nitrogen and oxygen atoms in total. The number of benzene rings is 2. The summed E-state index contributed by atoms with van der Waals surface area (Å²) in [6, 6.07) is 12.4. The Labute approximate surface area is 176 Å². The molecule has 4 rings (SSSR count). The van der Waals surface area contributed by atoms with Crippen LogP contribution in [0.1, 0.15) is 36.0 Å². The number of hydrogen-bond donors (Lipinski definition) is 1. The fourth-order valence-electron chi connectivity index (χ4n) is 4.02. The van der Waals surface area contributed by atoms with Crippen molar-refractivity contribution in [3.8, 4) is 0 Å². The molecule has 0 aliphatic carbocycles. The Morgan fingerprint density at radius 1 is 0.900 bits per heavy atom. The zero-order chi connectivity index (χ0) is 21.3. The van der Waals surface area contributed by atoms with E-state index in [9.17, 15) is 14.4 Å². The smallest absolute Gasteiger partial charge is 0.335 e. The third-order valence-electron chi connectivity index (χ3n) is 5.73. The SMILES string of the molecule is Cc1cc(N2CCCCC2)ccc1/C=C1\C(=O)NC(=O)N(c2ccccc2C)C1=O. The third-order valence-corrected chi connectivity index (χ3v) is 5.73. The normalized spacial score (nSPS) is 18.7. The minimum atomic E-state index is -0.728. The van der Waals surface area contributed by atoms with Crippen molar-refractivity contribution in [1.29, 1.82) is 0 Å². The first-order chi connectivity index (χ1) is 14.5. The van der Waals surface area contributed by atoms with Crippen molar-refractivity contribution in [3.05, 3.63) is 64.7 Å². The summed E-state index contributed by atoms with van der Waals surface area (Å²) < 4.78 is 0. The Morgan fingerprint density at radius 2 is 1.63 bits per heavy atom. The molecule has 0 unspecified atom stereocenters. The lowest BCUT2D eigenvalue weighted by atomic mass is 10.0. The molecule has 2 saturated heterocycles. The van der Waals surface area contributed by atoms with E-state index in [-0.39, 0.29) is 5.57 Å². The Kier molecular flexibility index (Phi) is 5.40. The maximum Gasteiger partial charge on any atom is 0.335 e. The van der Waals surface area contributed by atoms with Crippen LogP contribution in [-0.4, -0.2) is 30.9 Å². The predicted octanol–water partition coefficient (Wildman–Crippen LogP) is 3.96. The summed E-state index contributed by atoms with van der Waals surface area (Å²) in [7, 11) is 0. The lowest BCUT2D eigenvalue weighted by Crippen LogP contribution is -2.54. The van der Waals surface area contributed by atoms with Crippen LogP contribution in [0.3, 0.4) is 0 Å². The second-order valence-electron chi connectivity index (χ2n) is 7.83. The second-order valence-corrected chi connectivity index (χ2v) is 7.83. The largest absolute Gasteiger partial charge is 0.372 e. The molecule has 6 heteroatoms. The van der Waals surface area contributed by atoms with Crippen LogP contribution in [0.15, 0.2) is 48.0 Å². The molecule has 0 bridgehead atoms. The van der Waals surface area contributed by atoms with Gasteiger partial charge in [-0.2, -0.15) is 0 Å². The van der Waals surface area contributed by atoms with Crippen LogP contribution in [0.25, 0.3) is 6.08 Å². The first-order valence-electron chi connectivity index (χ1n) is 10.3. The second kappa shape index (κ2) is 8.14. The number of nitrogens with zero attached hydrogens (tertiary/aromatic N) is 2. The average molecular weight is 403 g/mol. The number of nitrogens with one attached hydrogen (secondary N) is 1. The van der Waals surface area contributed by atoms with Gasteiger partial charge in [-0.05, 0) is 74.1 Å². The van der Waals surface area contributed by atoms with Crippen molar-refractivity contribution in [2.24, 2.45) is 0 Å². The minimum Gasteiger partial charge on any atom is -0.372 e. The van der Waals surface area contributed by atoms with Gasteiger partial charge < -0.3 is 4.90 Å². The lowest BCUT2D eigenvalue weighted by Gasteiger charge is -2.29. The molecule has 0 saturated carbocycles. The van der Waals surface area contributed by atoms with Gasteiger partial charge in [0.25, 0.3) is 11.8 Å². The van der Waals surface area contributed by atoms with E-state index in [1.54, 1.807) is 18.2 Å². The van der Waals surface area contributed by atoms with Crippen molar-refractivity contribution in [2.45, 2.75) is 33.1 Å². The molecular formula is C24H25N3O3. The van der Waals surface area contributed by atoms with E-state index in [0.717, 1.165) is 40.4 Å². The molecule has 2 aromatic carbocycles. The zero-order valence-corrected chi connectivity index (χ0v) is 17.3. The molecule has 154 valence electrons. The van der Waals surface area contributed by atoms with Crippen molar-refractivity contribution in [3.63, 3.8) is 0 Å². The van der Waals surface area contributed by atoms with Gasteiger partial charge in [0.1, 0.15) is 5.57 Å². The first kappa shape index (κ1) is 19.9. The van der Waals surface area contributed by atoms with Gasteiger partial charge in [0.2, 0.25) is 0 Å². The van der Waals surface area contributed by atoms with E-state index in [0.29, 0.717) is 5.69 Å². The minimum absolute atomic E-state index is 0.0494. The molecule has 2 aliphatic heterocycles. The molecule has 2 aliphatic rings. The van der Waals surface area contributed by atoms with Crippen molar-refractivity contribution in [2.75, 3.05) is 22.9 Å². The quantitative estimate of drug-likeness (QED) is 0.622. The summed E-state index contributed by atoms with van der Waals surface area (Å²) in [4.78, 5) is 41.3. The summed E-state index contributed by atoms with van der Waals surface area (Å²) in [6.45, 7) is 5.89. The van der Waals surface area contributed by atoms with E-state index in [2.05, 4.69) is 16.3 Å². The van der Waals surface area contributed by atoms with Gasteiger partial charge in [0, 0.05) is 18.8 Å². The van der Waals surface area contributed by atoms with Crippen LogP contribution in [0.4, 0.5) is 16.2 Å².